The number of thiocarbonyl (C=S) groups is 1. The number of nitrogens with zero attached hydrogens (tertiary/aromatic N) is 1. The van der Waals surface area contributed by atoms with Crippen LogP contribution in [0, 0.1) is 0 Å². The molecule has 0 fully saturated rings. The Morgan fingerprint density at radius 3 is 2.25 bits per heavy atom. The van der Waals surface area contributed by atoms with E-state index in [-0.39, 0.29) is 5.96 Å². The highest BCUT2D eigenvalue weighted by molar-refractivity contribution is 7.80. The highest BCUT2D eigenvalue weighted by Gasteiger charge is 1.85. The molecule has 46 valence electrons. The average molecular weight is 131 g/mol. The van der Waals surface area contributed by atoms with Crippen LogP contribution < -0.4 is 11.5 Å². The maximum Gasteiger partial charge on any atom is 0.191 e. The molecule has 0 radical (unpaired) electrons. The molecule has 3 nitrogen and oxygen atoms in total. The zero-order valence-corrected chi connectivity index (χ0v) is 5.53. The Kier molecular flexibility index (Phi) is 3.10. The van der Waals surface area contributed by atoms with Crippen LogP contribution in [-0.2, 0) is 0 Å². The minimum atomic E-state index is 0.0388. The number of rotatable bonds is 1. The first kappa shape index (κ1) is 7.36. The summed E-state index contributed by atoms with van der Waals surface area (Å²) in [6.07, 6.45) is 0.716. The van der Waals surface area contributed by atoms with Crippen molar-refractivity contribution in [3.63, 3.8) is 0 Å². The van der Waals surface area contributed by atoms with Gasteiger partial charge in [-0.15, -0.1) is 0 Å². The Balaban J connectivity index is 3.70. The van der Waals surface area contributed by atoms with Crippen LogP contribution in [-0.4, -0.2) is 10.9 Å². The molecule has 0 aromatic heterocycles. The molecule has 4 N–H and O–H groups in total. The Labute approximate surface area is 53.8 Å². The normalized spacial score (nSPS) is 8.12. The van der Waals surface area contributed by atoms with Crippen LogP contribution in [0.4, 0.5) is 0 Å². The first-order valence-corrected chi connectivity index (χ1v) is 2.70. The third-order valence-corrected chi connectivity index (χ3v) is 0.936. The van der Waals surface area contributed by atoms with Crippen molar-refractivity contribution in [2.45, 2.75) is 13.3 Å². The van der Waals surface area contributed by atoms with Gasteiger partial charge in [0.15, 0.2) is 5.96 Å². The third-order valence-electron chi connectivity index (χ3n) is 0.556. The van der Waals surface area contributed by atoms with E-state index in [1.807, 2.05) is 6.92 Å². The summed E-state index contributed by atoms with van der Waals surface area (Å²) in [6.45, 7) is 1.90. The molecule has 0 aromatic carbocycles. The van der Waals surface area contributed by atoms with Crippen LogP contribution in [0.1, 0.15) is 13.3 Å². The highest BCUT2D eigenvalue weighted by atomic mass is 32.1. The molecule has 0 heterocycles. The third kappa shape index (κ3) is 3.55. The predicted octanol–water partition coefficient (Wildman–Crippen LogP) is -0.00280. The second kappa shape index (κ2) is 3.37. The van der Waals surface area contributed by atoms with Gasteiger partial charge in [-0.25, -0.2) is 4.99 Å². The number of aliphatic imine (C=N–C) groups is 1. The number of guanidine groups is 1. The van der Waals surface area contributed by atoms with Gasteiger partial charge in [0.2, 0.25) is 0 Å². The molecule has 0 spiro atoms. The molecular weight excluding hydrogens is 122 g/mol. The second-order valence-corrected chi connectivity index (χ2v) is 1.76. The van der Waals surface area contributed by atoms with Crippen molar-refractivity contribution in [2.24, 2.45) is 16.5 Å². The summed E-state index contributed by atoms with van der Waals surface area (Å²) in [5, 5.41) is 0. The van der Waals surface area contributed by atoms with Crippen molar-refractivity contribution < 1.29 is 0 Å². The van der Waals surface area contributed by atoms with E-state index in [0.29, 0.717) is 11.4 Å². The molecule has 0 unspecified atom stereocenters. The molecule has 0 rings (SSSR count). The van der Waals surface area contributed by atoms with Gasteiger partial charge in [-0.05, 0) is 6.42 Å². The first-order valence-electron chi connectivity index (χ1n) is 2.29. The largest absolute Gasteiger partial charge is 0.370 e. The summed E-state index contributed by atoms with van der Waals surface area (Å²) in [5.74, 6) is 0.0388. The van der Waals surface area contributed by atoms with Gasteiger partial charge in [0.05, 0.1) is 0 Å². The van der Waals surface area contributed by atoms with E-state index in [9.17, 15) is 0 Å². The Hall–Kier alpha value is -0.640. The zero-order chi connectivity index (χ0) is 6.57. The molecule has 0 amide bonds. The Bertz CT molecular complexity index is 114. The number of nitrogens with two attached hydrogens (primary N) is 2. The molecule has 0 atom stereocenters. The number of hydrogen-bond acceptors (Lipinski definition) is 1. The van der Waals surface area contributed by atoms with Gasteiger partial charge in [-0.1, -0.05) is 19.1 Å². The van der Waals surface area contributed by atoms with Gasteiger partial charge in [0.25, 0.3) is 0 Å². The lowest BCUT2D eigenvalue weighted by molar-refractivity contribution is 1.28. The quantitative estimate of drug-likeness (QED) is 0.299. The monoisotopic (exact) mass is 131 g/mol. The van der Waals surface area contributed by atoms with Crippen molar-refractivity contribution in [3.05, 3.63) is 0 Å². The minimum absolute atomic E-state index is 0.0388. The SMILES string of the molecule is CCC(=S)N=C(N)N. The molecule has 4 heteroatoms. The highest BCUT2D eigenvalue weighted by Crippen LogP contribution is 1.83. The molecular formula is C4H9N3S. The molecule has 0 saturated carbocycles. The lowest BCUT2D eigenvalue weighted by Crippen LogP contribution is -2.23. The predicted molar refractivity (Wildman–Crippen MR) is 38.7 cm³/mol. The standard InChI is InChI=1S/C4H9N3S/c1-2-3(8)7-4(5)6/h2H2,1H3,(H4,5,6,7,8). The van der Waals surface area contributed by atoms with E-state index in [1.54, 1.807) is 0 Å². The maximum absolute atomic E-state index is 5.01. The lowest BCUT2D eigenvalue weighted by Gasteiger charge is -1.89. The van der Waals surface area contributed by atoms with Crippen LogP contribution in [0.15, 0.2) is 4.99 Å². The smallest absolute Gasteiger partial charge is 0.191 e. The van der Waals surface area contributed by atoms with E-state index in [0.717, 1.165) is 0 Å². The van der Waals surface area contributed by atoms with Crippen molar-refractivity contribution in [1.82, 2.24) is 0 Å². The Morgan fingerprint density at radius 1 is 1.62 bits per heavy atom. The summed E-state index contributed by atoms with van der Waals surface area (Å²) >= 11 is 4.68. The van der Waals surface area contributed by atoms with Gasteiger partial charge < -0.3 is 11.5 Å². The fraction of sp³-hybridized carbons (Fsp3) is 0.500. The average Bonchev–Trinajstić information content (AvgIpc) is 1.65. The first-order chi connectivity index (χ1) is 3.66. The zero-order valence-electron chi connectivity index (χ0n) is 4.72. The van der Waals surface area contributed by atoms with Crippen LogP contribution in [0.3, 0.4) is 0 Å². The molecule has 0 saturated heterocycles. The van der Waals surface area contributed by atoms with Gasteiger partial charge in [0.1, 0.15) is 4.99 Å². The summed E-state index contributed by atoms with van der Waals surface area (Å²) < 4.78 is 0. The van der Waals surface area contributed by atoms with E-state index < -0.39 is 0 Å². The van der Waals surface area contributed by atoms with Crippen molar-refractivity contribution in [1.29, 1.82) is 0 Å². The van der Waals surface area contributed by atoms with Crippen LogP contribution in [0.2, 0.25) is 0 Å². The molecule has 0 aliphatic carbocycles. The van der Waals surface area contributed by atoms with Crippen molar-refractivity contribution >= 4 is 23.2 Å². The van der Waals surface area contributed by atoms with Crippen molar-refractivity contribution in [3.8, 4) is 0 Å². The Morgan fingerprint density at radius 2 is 2.12 bits per heavy atom. The van der Waals surface area contributed by atoms with Gasteiger partial charge in [-0.3, -0.25) is 0 Å². The van der Waals surface area contributed by atoms with E-state index in [4.69, 9.17) is 11.5 Å². The molecule has 0 aliphatic heterocycles. The number of hydrogen-bond donors (Lipinski definition) is 2. The maximum atomic E-state index is 5.01. The lowest BCUT2D eigenvalue weighted by atomic mass is 10.5. The summed E-state index contributed by atoms with van der Waals surface area (Å²) in [6, 6.07) is 0. The van der Waals surface area contributed by atoms with Gasteiger partial charge in [0, 0.05) is 0 Å². The summed E-state index contributed by atoms with van der Waals surface area (Å²) in [4.78, 5) is 4.15. The molecule has 0 aromatic rings. The van der Waals surface area contributed by atoms with Gasteiger partial charge in [-0.2, -0.15) is 0 Å². The summed E-state index contributed by atoms with van der Waals surface area (Å²) in [5.41, 5.74) is 10.0. The minimum Gasteiger partial charge on any atom is -0.370 e. The molecule has 0 aliphatic rings. The van der Waals surface area contributed by atoms with Crippen LogP contribution >= 0.6 is 12.2 Å². The second-order valence-electron chi connectivity index (χ2n) is 1.28. The fourth-order valence-corrected chi connectivity index (χ4v) is 0.328. The fourth-order valence-electron chi connectivity index (χ4n) is 0.223. The van der Waals surface area contributed by atoms with Crippen LogP contribution in [0.25, 0.3) is 0 Å². The van der Waals surface area contributed by atoms with E-state index >= 15 is 0 Å². The van der Waals surface area contributed by atoms with Gasteiger partial charge >= 0.3 is 0 Å². The van der Waals surface area contributed by atoms with E-state index in [1.165, 1.54) is 0 Å². The van der Waals surface area contributed by atoms with Crippen LogP contribution in [0.5, 0.6) is 0 Å². The molecule has 0 bridgehead atoms. The topological polar surface area (TPSA) is 64.4 Å². The molecule has 8 heavy (non-hydrogen) atoms. The van der Waals surface area contributed by atoms with Crippen molar-refractivity contribution in [2.75, 3.05) is 0 Å². The summed E-state index contributed by atoms with van der Waals surface area (Å²) in [7, 11) is 0. The van der Waals surface area contributed by atoms with E-state index in [2.05, 4.69) is 17.2 Å².